The van der Waals surface area contributed by atoms with Crippen molar-refractivity contribution in [2.45, 2.75) is 6.92 Å². The van der Waals surface area contributed by atoms with Gasteiger partial charge in [-0.15, -0.1) is 5.92 Å². The average Bonchev–Trinajstić information content (AvgIpc) is 2.03. The maximum Gasteiger partial charge on any atom is 0.152 e. The number of hydrogen-bond donors (Lipinski definition) is 0. The molecule has 3 nitrogen and oxygen atoms in total. The van der Waals surface area contributed by atoms with Crippen molar-refractivity contribution in [3.05, 3.63) is 0 Å². The zero-order chi connectivity index (χ0) is 9.03. The maximum atomic E-state index is 11.0. The summed E-state index contributed by atoms with van der Waals surface area (Å²) >= 11 is 0. The molecule has 1 saturated heterocycles. The molecule has 0 N–H and O–H groups in total. The lowest BCUT2D eigenvalue weighted by Gasteiger charge is -2.24. The molecule has 0 radical (unpaired) electrons. The fraction of sp³-hybridized carbons (Fsp3) is 0.750. The van der Waals surface area contributed by atoms with Gasteiger partial charge in [0.25, 0.3) is 0 Å². The van der Waals surface area contributed by atoms with Crippen molar-refractivity contribution in [2.24, 2.45) is 0 Å². The molecule has 0 aromatic rings. The lowest BCUT2D eigenvalue weighted by molar-refractivity contribution is 0.332. The first-order valence-corrected chi connectivity index (χ1v) is 5.78. The van der Waals surface area contributed by atoms with Gasteiger partial charge in [-0.3, -0.25) is 4.90 Å². The molecule has 1 fully saturated rings. The molecule has 12 heavy (non-hydrogen) atoms. The van der Waals surface area contributed by atoms with Gasteiger partial charge in [-0.05, 0) is 6.92 Å². The smallest absolute Gasteiger partial charge is 0.152 e. The molecule has 0 aromatic heterocycles. The molecule has 1 heterocycles. The van der Waals surface area contributed by atoms with Crippen LogP contribution in [0.3, 0.4) is 0 Å². The predicted octanol–water partition coefficient (Wildman–Crippen LogP) is -0.260. The van der Waals surface area contributed by atoms with Crippen LogP contribution in [-0.4, -0.2) is 44.5 Å². The summed E-state index contributed by atoms with van der Waals surface area (Å²) in [6.45, 7) is 3.76. The highest BCUT2D eigenvalue weighted by molar-refractivity contribution is 7.91. The van der Waals surface area contributed by atoms with E-state index >= 15 is 0 Å². The second kappa shape index (κ2) is 3.92. The fourth-order valence-corrected chi connectivity index (χ4v) is 2.38. The van der Waals surface area contributed by atoms with Crippen molar-refractivity contribution in [3.63, 3.8) is 0 Å². The SMILES string of the molecule is CC#CCN1CCS(=O)(=O)CC1. The molecule has 4 heteroatoms. The highest BCUT2D eigenvalue weighted by atomic mass is 32.2. The molecule has 1 rings (SSSR count). The second-order valence-electron chi connectivity index (χ2n) is 2.85. The fourth-order valence-electron chi connectivity index (χ4n) is 1.10. The summed E-state index contributed by atoms with van der Waals surface area (Å²) in [6.07, 6.45) is 0. The normalized spacial score (nSPS) is 22.8. The quantitative estimate of drug-likeness (QED) is 0.531. The third-order valence-corrected chi connectivity index (χ3v) is 3.53. The molecule has 0 aromatic carbocycles. The van der Waals surface area contributed by atoms with Crippen LogP contribution in [0.2, 0.25) is 0 Å². The zero-order valence-corrected chi connectivity index (χ0v) is 8.02. The van der Waals surface area contributed by atoms with E-state index in [1.165, 1.54) is 0 Å². The molecule has 0 saturated carbocycles. The Labute approximate surface area is 73.7 Å². The van der Waals surface area contributed by atoms with Gasteiger partial charge in [-0.1, -0.05) is 5.92 Å². The van der Waals surface area contributed by atoms with Gasteiger partial charge in [0.15, 0.2) is 9.84 Å². The van der Waals surface area contributed by atoms with E-state index in [9.17, 15) is 8.42 Å². The van der Waals surface area contributed by atoms with Crippen LogP contribution in [0.1, 0.15) is 6.92 Å². The van der Waals surface area contributed by atoms with Crippen molar-refractivity contribution in [1.82, 2.24) is 4.90 Å². The summed E-state index contributed by atoms with van der Waals surface area (Å²) in [6, 6.07) is 0. The van der Waals surface area contributed by atoms with Crippen LogP contribution in [0.4, 0.5) is 0 Å². The van der Waals surface area contributed by atoms with Crippen LogP contribution in [0.5, 0.6) is 0 Å². The van der Waals surface area contributed by atoms with Crippen molar-refractivity contribution >= 4 is 9.84 Å². The van der Waals surface area contributed by atoms with Crippen LogP contribution >= 0.6 is 0 Å². The summed E-state index contributed by atoms with van der Waals surface area (Å²) in [5, 5.41) is 0. The van der Waals surface area contributed by atoms with Gasteiger partial charge in [-0.2, -0.15) is 0 Å². The van der Waals surface area contributed by atoms with Crippen LogP contribution in [0.15, 0.2) is 0 Å². The number of hydrogen-bond acceptors (Lipinski definition) is 3. The third-order valence-electron chi connectivity index (χ3n) is 1.92. The van der Waals surface area contributed by atoms with Gasteiger partial charge in [0.05, 0.1) is 18.1 Å². The number of sulfone groups is 1. The number of rotatable bonds is 1. The van der Waals surface area contributed by atoms with E-state index in [1.807, 2.05) is 0 Å². The number of nitrogens with zero attached hydrogens (tertiary/aromatic N) is 1. The minimum Gasteiger partial charge on any atom is -0.290 e. The predicted molar refractivity (Wildman–Crippen MR) is 48.5 cm³/mol. The topological polar surface area (TPSA) is 37.4 Å². The molecule has 0 bridgehead atoms. The minimum atomic E-state index is -2.73. The average molecular weight is 187 g/mol. The standard InChI is InChI=1S/C8H13NO2S/c1-2-3-4-9-5-7-12(10,11)8-6-9/h4-8H2,1H3. The summed E-state index contributed by atoms with van der Waals surface area (Å²) < 4.78 is 22.0. The van der Waals surface area contributed by atoms with E-state index in [2.05, 4.69) is 16.7 Å². The molecule has 0 unspecified atom stereocenters. The van der Waals surface area contributed by atoms with Crippen molar-refractivity contribution < 1.29 is 8.42 Å². The Kier molecular flexibility index (Phi) is 3.12. The van der Waals surface area contributed by atoms with Crippen LogP contribution in [0, 0.1) is 11.8 Å². The van der Waals surface area contributed by atoms with Gasteiger partial charge in [0.1, 0.15) is 0 Å². The van der Waals surface area contributed by atoms with Gasteiger partial charge in [0.2, 0.25) is 0 Å². The zero-order valence-electron chi connectivity index (χ0n) is 7.21. The van der Waals surface area contributed by atoms with Gasteiger partial charge >= 0.3 is 0 Å². The monoisotopic (exact) mass is 187 g/mol. The van der Waals surface area contributed by atoms with Gasteiger partial charge < -0.3 is 0 Å². The Hall–Kier alpha value is -0.530. The lowest BCUT2D eigenvalue weighted by Crippen LogP contribution is -2.40. The Balaban J connectivity index is 2.39. The highest BCUT2D eigenvalue weighted by Gasteiger charge is 2.20. The summed E-state index contributed by atoms with van der Waals surface area (Å²) in [5.74, 6) is 6.30. The molecular formula is C8H13NO2S. The molecule has 0 aliphatic carbocycles. The van der Waals surface area contributed by atoms with E-state index in [1.54, 1.807) is 6.92 Å². The summed E-state index contributed by atoms with van der Waals surface area (Å²) in [4.78, 5) is 2.07. The second-order valence-corrected chi connectivity index (χ2v) is 5.16. The van der Waals surface area contributed by atoms with Crippen LogP contribution < -0.4 is 0 Å². The summed E-state index contributed by atoms with van der Waals surface area (Å²) in [7, 11) is -2.73. The van der Waals surface area contributed by atoms with Crippen LogP contribution in [0.25, 0.3) is 0 Å². The third kappa shape index (κ3) is 2.84. The van der Waals surface area contributed by atoms with Crippen LogP contribution in [-0.2, 0) is 9.84 Å². The first kappa shape index (κ1) is 9.56. The van der Waals surface area contributed by atoms with E-state index in [0.717, 1.165) is 0 Å². The van der Waals surface area contributed by atoms with E-state index in [0.29, 0.717) is 31.1 Å². The maximum absolute atomic E-state index is 11.0. The summed E-state index contributed by atoms with van der Waals surface area (Å²) in [5.41, 5.74) is 0. The first-order chi connectivity index (χ1) is 5.64. The molecule has 1 aliphatic heterocycles. The van der Waals surface area contributed by atoms with Gasteiger partial charge in [-0.25, -0.2) is 8.42 Å². The molecule has 68 valence electrons. The van der Waals surface area contributed by atoms with Crippen molar-refractivity contribution in [3.8, 4) is 11.8 Å². The molecule has 0 amide bonds. The Morgan fingerprint density at radius 3 is 2.42 bits per heavy atom. The highest BCUT2D eigenvalue weighted by Crippen LogP contribution is 2.02. The van der Waals surface area contributed by atoms with Crippen molar-refractivity contribution in [2.75, 3.05) is 31.1 Å². The Morgan fingerprint density at radius 1 is 1.33 bits per heavy atom. The van der Waals surface area contributed by atoms with E-state index in [-0.39, 0.29) is 0 Å². The molecule has 0 atom stereocenters. The Bertz CT molecular complexity index is 283. The largest absolute Gasteiger partial charge is 0.290 e. The van der Waals surface area contributed by atoms with E-state index < -0.39 is 9.84 Å². The molecule has 0 spiro atoms. The first-order valence-electron chi connectivity index (χ1n) is 3.96. The van der Waals surface area contributed by atoms with Gasteiger partial charge in [0, 0.05) is 13.1 Å². The minimum absolute atomic E-state index is 0.290. The Morgan fingerprint density at radius 2 is 1.92 bits per heavy atom. The van der Waals surface area contributed by atoms with Crippen molar-refractivity contribution in [1.29, 1.82) is 0 Å². The molecular weight excluding hydrogens is 174 g/mol. The van der Waals surface area contributed by atoms with E-state index in [4.69, 9.17) is 0 Å². The lowest BCUT2D eigenvalue weighted by atomic mass is 10.4. The molecule has 1 aliphatic rings.